The van der Waals surface area contributed by atoms with Gasteiger partial charge in [0, 0.05) is 26.9 Å². The summed E-state index contributed by atoms with van der Waals surface area (Å²) < 4.78 is 7.16. The predicted molar refractivity (Wildman–Crippen MR) is 104 cm³/mol. The molecule has 1 atom stereocenters. The van der Waals surface area contributed by atoms with Crippen LogP contribution in [0.3, 0.4) is 0 Å². The van der Waals surface area contributed by atoms with Crippen molar-refractivity contribution in [3.8, 4) is 0 Å². The summed E-state index contributed by atoms with van der Waals surface area (Å²) in [6, 6.07) is 13.2. The molecule has 1 N–H and O–H groups in total. The molecule has 0 aliphatic heterocycles. The number of aryl methyl sites for hydroxylation is 1. The van der Waals surface area contributed by atoms with Gasteiger partial charge in [0.25, 0.3) is 0 Å². The van der Waals surface area contributed by atoms with Crippen molar-refractivity contribution >= 4 is 17.1 Å². The van der Waals surface area contributed by atoms with Crippen LogP contribution >= 0.6 is 0 Å². The minimum atomic E-state index is -0.233. The second-order valence-corrected chi connectivity index (χ2v) is 6.42. The second kappa shape index (κ2) is 8.64. The van der Waals surface area contributed by atoms with E-state index in [2.05, 4.69) is 15.3 Å². The molecule has 0 bridgehead atoms. The average Bonchev–Trinajstić information content (AvgIpc) is 3.03. The van der Waals surface area contributed by atoms with Gasteiger partial charge in [-0.1, -0.05) is 18.2 Å². The van der Waals surface area contributed by atoms with Crippen molar-refractivity contribution in [3.63, 3.8) is 0 Å². The minimum absolute atomic E-state index is 0.169. The zero-order valence-electron chi connectivity index (χ0n) is 15.9. The van der Waals surface area contributed by atoms with Crippen molar-refractivity contribution < 1.29 is 9.53 Å². The molecular formula is C20H25N5O2. The van der Waals surface area contributed by atoms with E-state index < -0.39 is 0 Å². The molecule has 0 fully saturated rings. The molecule has 0 aliphatic rings. The van der Waals surface area contributed by atoms with E-state index in [9.17, 15) is 4.79 Å². The van der Waals surface area contributed by atoms with Crippen LogP contribution in [0.1, 0.15) is 24.5 Å². The Morgan fingerprint density at radius 1 is 1.26 bits per heavy atom. The van der Waals surface area contributed by atoms with Crippen molar-refractivity contribution in [3.05, 3.63) is 60.2 Å². The Morgan fingerprint density at radius 2 is 2.04 bits per heavy atom. The van der Waals surface area contributed by atoms with Crippen molar-refractivity contribution in [1.29, 1.82) is 0 Å². The van der Waals surface area contributed by atoms with Crippen molar-refractivity contribution in [2.45, 2.75) is 19.5 Å². The molecule has 7 nitrogen and oxygen atoms in total. The van der Waals surface area contributed by atoms with E-state index in [-0.39, 0.29) is 12.1 Å². The van der Waals surface area contributed by atoms with Gasteiger partial charge in [0.05, 0.1) is 35.9 Å². The SMILES string of the molecule is COCCN(Cc1ccccn1)C(=O)N[C@H](C)c1nc2ccccc2n1C. The number of hydrogen-bond acceptors (Lipinski definition) is 4. The molecule has 2 heterocycles. The van der Waals surface area contributed by atoms with Crippen molar-refractivity contribution in [1.82, 2.24) is 24.8 Å². The lowest BCUT2D eigenvalue weighted by molar-refractivity contribution is 0.144. The summed E-state index contributed by atoms with van der Waals surface area (Å²) in [6.07, 6.45) is 1.73. The first-order chi connectivity index (χ1) is 13.1. The number of imidazole rings is 1. The van der Waals surface area contributed by atoms with Gasteiger partial charge in [-0.2, -0.15) is 0 Å². The van der Waals surface area contributed by atoms with Crippen LogP contribution in [-0.4, -0.2) is 45.7 Å². The van der Waals surface area contributed by atoms with E-state index in [4.69, 9.17) is 4.74 Å². The Kier molecular flexibility index (Phi) is 6.03. The highest BCUT2D eigenvalue weighted by atomic mass is 16.5. The molecule has 2 aromatic heterocycles. The van der Waals surface area contributed by atoms with E-state index in [1.807, 2.05) is 61.0 Å². The number of methoxy groups -OCH3 is 1. The third-order valence-corrected chi connectivity index (χ3v) is 4.48. The topological polar surface area (TPSA) is 72.3 Å². The Hall–Kier alpha value is -2.93. The molecule has 3 aromatic rings. The number of ether oxygens (including phenoxy) is 1. The van der Waals surface area contributed by atoms with Gasteiger partial charge in [-0.05, 0) is 31.2 Å². The van der Waals surface area contributed by atoms with E-state index in [1.54, 1.807) is 18.2 Å². The third-order valence-electron chi connectivity index (χ3n) is 4.48. The molecule has 0 saturated carbocycles. The Morgan fingerprint density at radius 3 is 2.74 bits per heavy atom. The first kappa shape index (κ1) is 18.8. The molecule has 0 unspecified atom stereocenters. The largest absolute Gasteiger partial charge is 0.383 e. The Labute approximate surface area is 159 Å². The maximum Gasteiger partial charge on any atom is 0.318 e. The van der Waals surface area contributed by atoms with Crippen molar-refractivity contribution in [2.75, 3.05) is 20.3 Å². The average molecular weight is 367 g/mol. The quantitative estimate of drug-likeness (QED) is 0.697. The zero-order valence-corrected chi connectivity index (χ0v) is 15.9. The lowest BCUT2D eigenvalue weighted by Gasteiger charge is -2.24. The van der Waals surface area contributed by atoms with Gasteiger partial charge in [0.1, 0.15) is 5.82 Å². The lowest BCUT2D eigenvalue weighted by Crippen LogP contribution is -2.42. The lowest BCUT2D eigenvalue weighted by atomic mass is 10.3. The number of nitrogens with one attached hydrogen (secondary N) is 1. The van der Waals surface area contributed by atoms with E-state index in [0.717, 1.165) is 22.6 Å². The summed E-state index contributed by atoms with van der Waals surface area (Å²) in [6.45, 7) is 3.30. The molecule has 3 rings (SSSR count). The number of para-hydroxylation sites is 2. The molecule has 0 radical (unpaired) electrons. The fraction of sp³-hybridized carbons (Fsp3) is 0.350. The minimum Gasteiger partial charge on any atom is -0.383 e. The van der Waals surface area contributed by atoms with Gasteiger partial charge in [-0.3, -0.25) is 4.98 Å². The number of benzene rings is 1. The molecule has 27 heavy (non-hydrogen) atoms. The number of carbonyl (C=O) groups is 1. The molecule has 0 aliphatic carbocycles. The van der Waals surface area contributed by atoms with Gasteiger partial charge in [-0.15, -0.1) is 0 Å². The molecular weight excluding hydrogens is 342 g/mol. The normalized spacial score (nSPS) is 12.1. The van der Waals surface area contributed by atoms with Crippen LogP contribution in [0.25, 0.3) is 11.0 Å². The first-order valence-electron chi connectivity index (χ1n) is 8.95. The van der Waals surface area contributed by atoms with Crippen LogP contribution < -0.4 is 5.32 Å². The standard InChI is InChI=1S/C20H25N5O2/c1-15(19-23-17-9-4-5-10-18(17)24(19)2)22-20(26)25(12-13-27-3)14-16-8-6-7-11-21-16/h4-11,15H,12-14H2,1-3H3,(H,22,26)/t15-/m1/s1. The van der Waals surface area contributed by atoms with Crippen molar-refractivity contribution in [2.24, 2.45) is 7.05 Å². The van der Waals surface area contributed by atoms with Crippen LogP contribution in [0.4, 0.5) is 4.79 Å². The summed E-state index contributed by atoms with van der Waals surface area (Å²) in [5, 5.41) is 3.05. The van der Waals surface area contributed by atoms with E-state index >= 15 is 0 Å². The van der Waals surface area contributed by atoms with Crippen LogP contribution in [-0.2, 0) is 18.3 Å². The van der Waals surface area contributed by atoms with Gasteiger partial charge in [0.2, 0.25) is 0 Å². The molecule has 1 aromatic carbocycles. The van der Waals surface area contributed by atoms with E-state index in [1.165, 1.54) is 0 Å². The Balaban J connectivity index is 1.74. The van der Waals surface area contributed by atoms with Gasteiger partial charge >= 0.3 is 6.03 Å². The highest BCUT2D eigenvalue weighted by molar-refractivity contribution is 5.77. The first-order valence-corrected chi connectivity index (χ1v) is 8.95. The van der Waals surface area contributed by atoms with Gasteiger partial charge in [0.15, 0.2) is 0 Å². The van der Waals surface area contributed by atoms with Gasteiger partial charge < -0.3 is 19.5 Å². The zero-order chi connectivity index (χ0) is 19.2. The number of fused-ring (bicyclic) bond motifs is 1. The highest BCUT2D eigenvalue weighted by Crippen LogP contribution is 2.19. The number of hydrogen-bond donors (Lipinski definition) is 1. The second-order valence-electron chi connectivity index (χ2n) is 6.42. The van der Waals surface area contributed by atoms with Crippen LogP contribution in [0, 0.1) is 0 Å². The number of nitrogens with zero attached hydrogens (tertiary/aromatic N) is 4. The monoisotopic (exact) mass is 367 g/mol. The molecule has 7 heteroatoms. The van der Waals surface area contributed by atoms with E-state index in [0.29, 0.717) is 19.7 Å². The summed E-state index contributed by atoms with van der Waals surface area (Å²) in [5.41, 5.74) is 2.79. The summed E-state index contributed by atoms with van der Waals surface area (Å²) >= 11 is 0. The van der Waals surface area contributed by atoms with Crippen LogP contribution in [0.15, 0.2) is 48.7 Å². The molecule has 0 saturated heterocycles. The number of pyridine rings is 1. The molecule has 2 amide bonds. The smallest absolute Gasteiger partial charge is 0.318 e. The summed E-state index contributed by atoms with van der Waals surface area (Å²) in [7, 11) is 3.59. The summed E-state index contributed by atoms with van der Waals surface area (Å²) in [4.78, 5) is 23.5. The third kappa shape index (κ3) is 4.43. The number of rotatable bonds is 7. The number of amides is 2. The molecule has 0 spiro atoms. The van der Waals surface area contributed by atoms with Crippen LogP contribution in [0.5, 0.6) is 0 Å². The summed E-state index contributed by atoms with van der Waals surface area (Å²) in [5.74, 6) is 0.814. The molecule has 142 valence electrons. The number of urea groups is 1. The Bertz CT molecular complexity index is 894. The van der Waals surface area contributed by atoms with Gasteiger partial charge in [-0.25, -0.2) is 9.78 Å². The predicted octanol–water partition coefficient (Wildman–Crippen LogP) is 2.89. The van der Waals surface area contributed by atoms with Crippen LogP contribution in [0.2, 0.25) is 0 Å². The maximum atomic E-state index is 12.9. The maximum absolute atomic E-state index is 12.9. The highest BCUT2D eigenvalue weighted by Gasteiger charge is 2.20. The number of aromatic nitrogens is 3. The fourth-order valence-electron chi connectivity index (χ4n) is 3.03. The number of carbonyl (C=O) groups excluding carboxylic acids is 1. The fourth-order valence-corrected chi connectivity index (χ4v) is 3.03.